The summed E-state index contributed by atoms with van der Waals surface area (Å²) < 4.78 is 5.49. The number of hydrogen-bond acceptors (Lipinski definition) is 4. The summed E-state index contributed by atoms with van der Waals surface area (Å²) in [5.41, 5.74) is 3.69. The Kier molecular flexibility index (Phi) is 5.69. The molecule has 0 radical (unpaired) electrons. The Bertz CT molecular complexity index is 932. The number of rotatable bonds is 6. The van der Waals surface area contributed by atoms with Crippen molar-refractivity contribution in [2.45, 2.75) is 19.4 Å². The number of hydrogen-bond donors (Lipinski definition) is 2. The van der Waals surface area contributed by atoms with E-state index >= 15 is 0 Å². The first-order valence-corrected chi connectivity index (χ1v) is 9.88. The van der Waals surface area contributed by atoms with Crippen LogP contribution in [-0.2, 0) is 11.2 Å². The molecule has 0 bridgehead atoms. The number of morpholine rings is 1. The molecule has 6 heteroatoms. The summed E-state index contributed by atoms with van der Waals surface area (Å²) in [7, 11) is 0. The van der Waals surface area contributed by atoms with Gasteiger partial charge in [0.15, 0.2) is 0 Å². The van der Waals surface area contributed by atoms with Crippen molar-refractivity contribution in [2.75, 3.05) is 32.8 Å². The van der Waals surface area contributed by atoms with Crippen LogP contribution >= 0.6 is 0 Å². The minimum Gasteiger partial charge on any atom is -0.379 e. The largest absolute Gasteiger partial charge is 0.379 e. The first kappa shape index (κ1) is 18.7. The van der Waals surface area contributed by atoms with E-state index in [-0.39, 0.29) is 11.9 Å². The number of benzene rings is 1. The van der Waals surface area contributed by atoms with Gasteiger partial charge in [-0.1, -0.05) is 31.2 Å². The van der Waals surface area contributed by atoms with E-state index in [0.717, 1.165) is 41.7 Å². The van der Waals surface area contributed by atoms with E-state index in [4.69, 9.17) is 4.74 Å². The van der Waals surface area contributed by atoms with Crippen molar-refractivity contribution >= 4 is 16.8 Å². The van der Waals surface area contributed by atoms with Gasteiger partial charge in [0.25, 0.3) is 5.91 Å². The number of fused-ring (bicyclic) bond motifs is 1. The third-order valence-electron chi connectivity index (χ3n) is 5.37. The first-order chi connectivity index (χ1) is 13.8. The highest BCUT2D eigenvalue weighted by molar-refractivity contribution is 6.01. The lowest BCUT2D eigenvalue weighted by molar-refractivity contribution is 0.0153. The van der Waals surface area contributed by atoms with Crippen LogP contribution in [0.15, 0.2) is 48.7 Å². The summed E-state index contributed by atoms with van der Waals surface area (Å²) in [5.74, 6) is -0.0674. The van der Waals surface area contributed by atoms with Crippen LogP contribution in [0.3, 0.4) is 0 Å². The zero-order valence-corrected chi connectivity index (χ0v) is 16.1. The van der Waals surface area contributed by atoms with Crippen molar-refractivity contribution in [3.8, 4) is 0 Å². The van der Waals surface area contributed by atoms with Gasteiger partial charge in [-0.05, 0) is 30.2 Å². The Hall–Kier alpha value is -2.70. The Balaban J connectivity index is 1.54. The molecule has 0 spiro atoms. The quantitative estimate of drug-likeness (QED) is 0.692. The number of carbonyl (C=O) groups is 1. The van der Waals surface area contributed by atoms with Gasteiger partial charge in [-0.15, -0.1) is 0 Å². The van der Waals surface area contributed by atoms with Crippen LogP contribution < -0.4 is 5.32 Å². The highest BCUT2D eigenvalue weighted by atomic mass is 16.5. The van der Waals surface area contributed by atoms with Crippen molar-refractivity contribution in [3.63, 3.8) is 0 Å². The Labute approximate surface area is 164 Å². The Morgan fingerprint density at radius 2 is 2.00 bits per heavy atom. The summed E-state index contributed by atoms with van der Waals surface area (Å²) in [5, 5.41) is 4.25. The molecule has 146 valence electrons. The molecular formula is C22H26N4O2. The van der Waals surface area contributed by atoms with Crippen LogP contribution in [0.1, 0.15) is 34.7 Å². The van der Waals surface area contributed by atoms with Crippen LogP contribution in [0.25, 0.3) is 10.9 Å². The molecule has 0 aliphatic carbocycles. The molecule has 0 unspecified atom stereocenters. The predicted octanol–water partition coefficient (Wildman–Crippen LogP) is 2.93. The number of aromatic nitrogens is 2. The maximum absolute atomic E-state index is 13.0. The second kappa shape index (κ2) is 8.54. The number of para-hydroxylation sites is 1. The zero-order chi connectivity index (χ0) is 19.3. The van der Waals surface area contributed by atoms with Crippen LogP contribution in [-0.4, -0.2) is 53.6 Å². The molecule has 1 fully saturated rings. The SMILES string of the molecule is CCc1c(C(=O)NC[C@@H](c2ccccn2)N2CCOCC2)[nH]c2ccccc12. The minimum absolute atomic E-state index is 0.0310. The molecular weight excluding hydrogens is 352 g/mol. The number of aromatic amines is 1. The monoisotopic (exact) mass is 378 g/mol. The van der Waals surface area contributed by atoms with E-state index in [9.17, 15) is 4.79 Å². The van der Waals surface area contributed by atoms with Crippen LogP contribution in [0.4, 0.5) is 0 Å². The smallest absolute Gasteiger partial charge is 0.268 e. The molecule has 1 aliphatic heterocycles. The first-order valence-electron chi connectivity index (χ1n) is 9.88. The van der Waals surface area contributed by atoms with Gasteiger partial charge in [0, 0.05) is 36.7 Å². The third-order valence-corrected chi connectivity index (χ3v) is 5.37. The van der Waals surface area contributed by atoms with Crippen molar-refractivity contribution in [2.24, 2.45) is 0 Å². The average molecular weight is 378 g/mol. The second-order valence-electron chi connectivity index (χ2n) is 7.01. The molecule has 2 N–H and O–H groups in total. The van der Waals surface area contributed by atoms with E-state index in [1.807, 2.05) is 36.4 Å². The molecule has 2 aromatic heterocycles. The summed E-state index contributed by atoms with van der Waals surface area (Å²) in [6, 6.07) is 14.0. The normalized spacial score (nSPS) is 16.2. The zero-order valence-electron chi connectivity index (χ0n) is 16.1. The molecule has 3 aromatic rings. The summed E-state index contributed by atoms with van der Waals surface area (Å²) in [6.07, 6.45) is 2.61. The van der Waals surface area contributed by atoms with Gasteiger partial charge in [0.1, 0.15) is 5.69 Å². The fourth-order valence-corrected chi connectivity index (χ4v) is 3.92. The van der Waals surface area contributed by atoms with Gasteiger partial charge in [0.2, 0.25) is 0 Å². The number of ether oxygens (including phenoxy) is 1. The second-order valence-corrected chi connectivity index (χ2v) is 7.01. The number of nitrogens with one attached hydrogen (secondary N) is 2. The number of H-pyrrole nitrogens is 1. The third kappa shape index (κ3) is 3.79. The fourth-order valence-electron chi connectivity index (χ4n) is 3.92. The van der Waals surface area contributed by atoms with Crippen LogP contribution in [0.5, 0.6) is 0 Å². The topological polar surface area (TPSA) is 70.2 Å². The Morgan fingerprint density at radius 1 is 1.21 bits per heavy atom. The summed E-state index contributed by atoms with van der Waals surface area (Å²) in [4.78, 5) is 23.2. The standard InChI is InChI=1S/C22H26N4O2/c1-2-16-17-7-3-4-8-18(17)25-21(16)22(27)24-15-20(19-9-5-6-10-23-19)26-11-13-28-14-12-26/h3-10,20,25H,2,11-15H2,1H3,(H,24,27)/t20-/m0/s1. The van der Waals surface area contributed by atoms with Crippen molar-refractivity contribution in [1.82, 2.24) is 20.2 Å². The molecule has 1 atom stereocenters. The molecule has 3 heterocycles. The lowest BCUT2D eigenvalue weighted by atomic mass is 10.1. The number of carbonyl (C=O) groups excluding carboxylic acids is 1. The number of aryl methyl sites for hydroxylation is 1. The lowest BCUT2D eigenvalue weighted by Crippen LogP contribution is -2.44. The van der Waals surface area contributed by atoms with Crippen molar-refractivity contribution in [3.05, 3.63) is 65.6 Å². The van der Waals surface area contributed by atoms with Gasteiger partial charge >= 0.3 is 0 Å². The lowest BCUT2D eigenvalue weighted by Gasteiger charge is -2.34. The summed E-state index contributed by atoms with van der Waals surface area (Å²) in [6.45, 7) is 5.68. The van der Waals surface area contributed by atoms with Gasteiger partial charge < -0.3 is 15.0 Å². The predicted molar refractivity (Wildman–Crippen MR) is 109 cm³/mol. The fraction of sp³-hybridized carbons (Fsp3) is 0.364. The van der Waals surface area contributed by atoms with E-state index in [0.29, 0.717) is 25.5 Å². The number of amides is 1. The molecule has 1 aliphatic rings. The molecule has 28 heavy (non-hydrogen) atoms. The van der Waals surface area contributed by atoms with E-state index in [1.165, 1.54) is 0 Å². The Morgan fingerprint density at radius 3 is 2.75 bits per heavy atom. The molecule has 1 saturated heterocycles. The molecule has 4 rings (SSSR count). The van der Waals surface area contributed by atoms with Gasteiger partial charge in [-0.3, -0.25) is 14.7 Å². The van der Waals surface area contributed by atoms with Gasteiger partial charge in [0.05, 0.1) is 24.9 Å². The maximum atomic E-state index is 13.0. The number of pyridine rings is 1. The van der Waals surface area contributed by atoms with E-state index < -0.39 is 0 Å². The molecule has 1 amide bonds. The van der Waals surface area contributed by atoms with Crippen LogP contribution in [0.2, 0.25) is 0 Å². The molecule has 1 aromatic carbocycles. The van der Waals surface area contributed by atoms with Gasteiger partial charge in [-0.2, -0.15) is 0 Å². The van der Waals surface area contributed by atoms with E-state index in [2.05, 4.69) is 33.2 Å². The number of nitrogens with zero attached hydrogens (tertiary/aromatic N) is 2. The van der Waals surface area contributed by atoms with Crippen LogP contribution in [0, 0.1) is 0 Å². The highest BCUT2D eigenvalue weighted by Crippen LogP contribution is 2.24. The van der Waals surface area contributed by atoms with Gasteiger partial charge in [-0.25, -0.2) is 0 Å². The van der Waals surface area contributed by atoms with E-state index in [1.54, 1.807) is 6.20 Å². The van der Waals surface area contributed by atoms with Crippen molar-refractivity contribution < 1.29 is 9.53 Å². The maximum Gasteiger partial charge on any atom is 0.268 e. The highest BCUT2D eigenvalue weighted by Gasteiger charge is 2.25. The summed E-state index contributed by atoms with van der Waals surface area (Å²) >= 11 is 0. The average Bonchev–Trinajstić information content (AvgIpc) is 3.14. The minimum atomic E-state index is -0.0674. The molecule has 6 nitrogen and oxygen atoms in total. The van der Waals surface area contributed by atoms with Crippen molar-refractivity contribution in [1.29, 1.82) is 0 Å². The molecule has 0 saturated carbocycles.